The number of carbonyl (C=O) groups excluding carboxylic acids is 1. The third kappa shape index (κ3) is 3.05. The van der Waals surface area contributed by atoms with Gasteiger partial charge in [-0.3, -0.25) is 4.79 Å². The molecule has 1 aromatic carbocycles. The molecular weight excluding hydrogens is 242 g/mol. The maximum Gasteiger partial charge on any atom is 0.178 e. The van der Waals surface area contributed by atoms with E-state index in [-0.39, 0.29) is 5.78 Å². The van der Waals surface area contributed by atoms with Gasteiger partial charge in [0.2, 0.25) is 0 Å². The second-order valence-electron chi connectivity index (χ2n) is 4.89. The molecule has 0 aliphatic rings. The monoisotopic (exact) mass is 259 g/mol. The summed E-state index contributed by atoms with van der Waals surface area (Å²) in [6, 6.07) is 8.45. The predicted molar refractivity (Wildman–Crippen MR) is 76.1 cm³/mol. The smallest absolute Gasteiger partial charge is 0.178 e. The van der Waals surface area contributed by atoms with Crippen molar-refractivity contribution in [2.75, 3.05) is 0 Å². The largest absolute Gasteiger partial charge is 0.293 e. The summed E-state index contributed by atoms with van der Waals surface area (Å²) >= 11 is 1.52. The minimum atomic E-state index is 0.0222. The molecule has 1 heterocycles. The number of hydrogen-bond acceptors (Lipinski definition) is 3. The van der Waals surface area contributed by atoms with Crippen LogP contribution in [-0.4, -0.2) is 10.8 Å². The van der Waals surface area contributed by atoms with Crippen LogP contribution in [0.5, 0.6) is 0 Å². The van der Waals surface area contributed by atoms with E-state index in [2.05, 4.69) is 43.1 Å². The summed E-state index contributed by atoms with van der Waals surface area (Å²) in [4.78, 5) is 15.5. The number of rotatable bonds is 4. The zero-order valence-corrected chi connectivity index (χ0v) is 11.8. The van der Waals surface area contributed by atoms with E-state index in [9.17, 15) is 4.79 Å². The highest BCUT2D eigenvalue weighted by Crippen LogP contribution is 2.24. The quantitative estimate of drug-likeness (QED) is 0.770. The lowest BCUT2D eigenvalue weighted by Crippen LogP contribution is -1.93. The van der Waals surface area contributed by atoms with Gasteiger partial charge in [0, 0.05) is 17.9 Å². The molecule has 0 atom stereocenters. The fourth-order valence-electron chi connectivity index (χ4n) is 1.82. The zero-order chi connectivity index (χ0) is 13.1. The van der Waals surface area contributed by atoms with Crippen molar-refractivity contribution >= 4 is 17.1 Å². The molecule has 0 spiro atoms. The molecule has 0 bridgehead atoms. The molecule has 0 aliphatic carbocycles. The van der Waals surface area contributed by atoms with Gasteiger partial charge >= 0.3 is 0 Å². The van der Waals surface area contributed by atoms with Crippen molar-refractivity contribution in [3.63, 3.8) is 0 Å². The average molecular weight is 259 g/mol. The molecule has 0 radical (unpaired) electrons. The molecule has 0 unspecified atom stereocenters. The van der Waals surface area contributed by atoms with Crippen LogP contribution in [0.4, 0.5) is 0 Å². The minimum absolute atomic E-state index is 0.0222. The van der Waals surface area contributed by atoms with Gasteiger partial charge in [-0.05, 0) is 17.9 Å². The number of ketones is 1. The van der Waals surface area contributed by atoms with Crippen LogP contribution in [0.1, 0.15) is 36.8 Å². The Bertz CT molecular complexity index is 540. The SMILES string of the molecule is CC(=O)c1csc(-c2ccc(CC(C)C)cc2)n1. The Morgan fingerprint density at radius 2 is 1.94 bits per heavy atom. The van der Waals surface area contributed by atoms with E-state index in [4.69, 9.17) is 0 Å². The van der Waals surface area contributed by atoms with Crippen molar-refractivity contribution in [3.05, 3.63) is 40.9 Å². The molecule has 1 aromatic heterocycles. The molecule has 0 saturated heterocycles. The number of hydrogen-bond donors (Lipinski definition) is 0. The lowest BCUT2D eigenvalue weighted by atomic mass is 10.0. The lowest BCUT2D eigenvalue weighted by molar-refractivity contribution is 0.101. The van der Waals surface area contributed by atoms with Gasteiger partial charge < -0.3 is 0 Å². The van der Waals surface area contributed by atoms with Crippen molar-refractivity contribution in [2.45, 2.75) is 27.2 Å². The number of benzene rings is 1. The fourth-order valence-corrected chi connectivity index (χ4v) is 2.69. The first-order valence-corrected chi connectivity index (χ1v) is 7.00. The van der Waals surface area contributed by atoms with Gasteiger partial charge in [0.25, 0.3) is 0 Å². The van der Waals surface area contributed by atoms with Crippen LogP contribution in [0.2, 0.25) is 0 Å². The molecule has 0 amide bonds. The lowest BCUT2D eigenvalue weighted by Gasteiger charge is -2.05. The van der Waals surface area contributed by atoms with E-state index in [1.165, 1.54) is 16.9 Å². The minimum Gasteiger partial charge on any atom is -0.293 e. The second-order valence-corrected chi connectivity index (χ2v) is 5.75. The molecule has 94 valence electrons. The van der Waals surface area contributed by atoms with E-state index in [1.807, 2.05) is 5.38 Å². The van der Waals surface area contributed by atoms with E-state index >= 15 is 0 Å². The Hall–Kier alpha value is -1.48. The maximum atomic E-state index is 11.2. The molecule has 0 saturated carbocycles. The first-order chi connectivity index (χ1) is 8.56. The second kappa shape index (κ2) is 5.44. The standard InChI is InChI=1S/C15H17NOS/c1-10(2)8-12-4-6-13(7-5-12)15-16-14(9-18-15)11(3)17/h4-7,9-10H,8H2,1-3H3. The Morgan fingerprint density at radius 1 is 1.28 bits per heavy atom. The van der Waals surface area contributed by atoms with Gasteiger partial charge in [-0.15, -0.1) is 11.3 Å². The zero-order valence-electron chi connectivity index (χ0n) is 10.9. The third-order valence-electron chi connectivity index (χ3n) is 2.71. The summed E-state index contributed by atoms with van der Waals surface area (Å²) in [5.74, 6) is 0.689. The van der Waals surface area contributed by atoms with Crippen molar-refractivity contribution in [2.24, 2.45) is 5.92 Å². The molecule has 0 aliphatic heterocycles. The molecule has 0 fully saturated rings. The van der Waals surface area contributed by atoms with E-state index in [0.29, 0.717) is 11.6 Å². The van der Waals surface area contributed by atoms with Crippen LogP contribution in [0.3, 0.4) is 0 Å². The van der Waals surface area contributed by atoms with Crippen molar-refractivity contribution in [3.8, 4) is 10.6 Å². The molecule has 2 rings (SSSR count). The summed E-state index contributed by atoms with van der Waals surface area (Å²) in [5, 5.41) is 2.73. The first-order valence-electron chi connectivity index (χ1n) is 6.12. The summed E-state index contributed by atoms with van der Waals surface area (Å²) in [5.41, 5.74) is 2.98. The van der Waals surface area contributed by atoms with Crippen LogP contribution < -0.4 is 0 Å². The molecule has 18 heavy (non-hydrogen) atoms. The Morgan fingerprint density at radius 3 is 2.44 bits per heavy atom. The highest BCUT2D eigenvalue weighted by Gasteiger charge is 2.08. The van der Waals surface area contributed by atoms with Gasteiger partial charge in [-0.1, -0.05) is 38.1 Å². The maximum absolute atomic E-state index is 11.2. The van der Waals surface area contributed by atoms with Gasteiger partial charge in [0.1, 0.15) is 10.7 Å². The van der Waals surface area contributed by atoms with Gasteiger partial charge in [0.15, 0.2) is 5.78 Å². The Labute approximate surface area is 112 Å². The number of thiazole rings is 1. The van der Waals surface area contributed by atoms with E-state index in [1.54, 1.807) is 6.92 Å². The first kappa shape index (κ1) is 13.0. The van der Waals surface area contributed by atoms with Gasteiger partial charge in [-0.25, -0.2) is 4.98 Å². The van der Waals surface area contributed by atoms with Crippen LogP contribution in [0.25, 0.3) is 10.6 Å². The summed E-state index contributed by atoms with van der Waals surface area (Å²) in [7, 11) is 0. The Balaban J connectivity index is 2.20. The normalized spacial score (nSPS) is 10.9. The highest BCUT2D eigenvalue weighted by atomic mass is 32.1. The summed E-state index contributed by atoms with van der Waals surface area (Å²) in [6.45, 7) is 5.98. The van der Waals surface area contributed by atoms with Gasteiger partial charge in [0.05, 0.1) is 0 Å². The van der Waals surface area contributed by atoms with E-state index < -0.39 is 0 Å². The van der Waals surface area contributed by atoms with Crippen molar-refractivity contribution in [1.29, 1.82) is 0 Å². The number of aromatic nitrogens is 1. The predicted octanol–water partition coefficient (Wildman–Crippen LogP) is 4.21. The average Bonchev–Trinajstić information content (AvgIpc) is 2.78. The van der Waals surface area contributed by atoms with Crippen LogP contribution in [0, 0.1) is 5.92 Å². The summed E-state index contributed by atoms with van der Waals surface area (Å²) in [6.07, 6.45) is 1.09. The molecule has 2 aromatic rings. The van der Waals surface area contributed by atoms with Crippen LogP contribution in [0.15, 0.2) is 29.6 Å². The third-order valence-corrected chi connectivity index (χ3v) is 3.60. The van der Waals surface area contributed by atoms with E-state index in [0.717, 1.165) is 17.0 Å². The Kier molecular flexibility index (Phi) is 3.92. The van der Waals surface area contributed by atoms with Crippen molar-refractivity contribution < 1.29 is 4.79 Å². The van der Waals surface area contributed by atoms with Crippen molar-refractivity contribution in [1.82, 2.24) is 4.98 Å². The highest BCUT2D eigenvalue weighted by molar-refractivity contribution is 7.13. The molecule has 0 N–H and O–H groups in total. The molecular formula is C15H17NOS. The topological polar surface area (TPSA) is 30.0 Å². The number of carbonyl (C=O) groups is 1. The van der Waals surface area contributed by atoms with Crippen LogP contribution >= 0.6 is 11.3 Å². The van der Waals surface area contributed by atoms with Crippen LogP contribution in [-0.2, 0) is 6.42 Å². The summed E-state index contributed by atoms with van der Waals surface area (Å²) < 4.78 is 0. The van der Waals surface area contributed by atoms with Gasteiger partial charge in [-0.2, -0.15) is 0 Å². The molecule has 2 nitrogen and oxygen atoms in total. The number of nitrogens with zero attached hydrogens (tertiary/aromatic N) is 1. The number of Topliss-reactive ketones (excluding diaryl/α,β-unsaturated/α-hetero) is 1. The molecule has 3 heteroatoms. The fraction of sp³-hybridized carbons (Fsp3) is 0.333.